The molecule has 3 heteroatoms. The first kappa shape index (κ1) is 9.46. The van der Waals surface area contributed by atoms with Crippen LogP contribution in [0.25, 0.3) is 0 Å². The van der Waals surface area contributed by atoms with Crippen molar-refractivity contribution in [3.05, 3.63) is 30.1 Å². The first-order valence-electron chi connectivity index (χ1n) is 5.04. The highest BCUT2D eigenvalue weighted by molar-refractivity contribution is 5.45. The van der Waals surface area contributed by atoms with Gasteiger partial charge in [-0.25, -0.2) is 4.39 Å². The summed E-state index contributed by atoms with van der Waals surface area (Å²) in [5, 5.41) is 3.16. The summed E-state index contributed by atoms with van der Waals surface area (Å²) in [7, 11) is 0. The Bertz CT molecular complexity index is 314. The molecule has 76 valence electrons. The van der Waals surface area contributed by atoms with E-state index in [-0.39, 0.29) is 17.9 Å². The van der Waals surface area contributed by atoms with E-state index in [4.69, 9.17) is 5.73 Å². The number of hydrogen-bond acceptors (Lipinski definition) is 2. The van der Waals surface area contributed by atoms with Crippen LogP contribution in [-0.2, 0) is 0 Å². The van der Waals surface area contributed by atoms with Gasteiger partial charge in [0.2, 0.25) is 0 Å². The summed E-state index contributed by atoms with van der Waals surface area (Å²) in [6, 6.07) is 7.12. The molecule has 1 aromatic rings. The van der Waals surface area contributed by atoms with Gasteiger partial charge in [0.1, 0.15) is 5.82 Å². The minimum atomic E-state index is -0.202. The molecule has 0 heterocycles. The molecule has 1 saturated carbocycles. The van der Waals surface area contributed by atoms with Gasteiger partial charge in [0.05, 0.1) is 5.69 Å². The van der Waals surface area contributed by atoms with Gasteiger partial charge in [0.15, 0.2) is 0 Å². The topological polar surface area (TPSA) is 38.0 Å². The minimum Gasteiger partial charge on any atom is -0.378 e. The normalized spacial score (nSPS) is 26.4. The molecule has 0 radical (unpaired) electrons. The zero-order valence-corrected chi connectivity index (χ0v) is 8.04. The second kappa shape index (κ2) is 3.96. The second-order valence-electron chi connectivity index (χ2n) is 3.83. The van der Waals surface area contributed by atoms with Crippen LogP contribution < -0.4 is 11.1 Å². The van der Waals surface area contributed by atoms with Crippen molar-refractivity contribution in [3.8, 4) is 0 Å². The van der Waals surface area contributed by atoms with Crippen molar-refractivity contribution in [1.29, 1.82) is 0 Å². The molecule has 0 bridgehead atoms. The van der Waals surface area contributed by atoms with Gasteiger partial charge in [0, 0.05) is 12.1 Å². The molecule has 0 saturated heterocycles. The summed E-state index contributed by atoms with van der Waals surface area (Å²) >= 11 is 0. The van der Waals surface area contributed by atoms with Crippen LogP contribution >= 0.6 is 0 Å². The lowest BCUT2D eigenvalue weighted by Crippen LogP contribution is -2.35. The Labute approximate surface area is 83.3 Å². The average Bonchev–Trinajstić information content (AvgIpc) is 2.56. The first-order chi connectivity index (χ1) is 6.77. The summed E-state index contributed by atoms with van der Waals surface area (Å²) in [5.41, 5.74) is 6.46. The average molecular weight is 194 g/mol. The van der Waals surface area contributed by atoms with E-state index in [9.17, 15) is 4.39 Å². The molecular weight excluding hydrogens is 179 g/mol. The van der Waals surface area contributed by atoms with Crippen molar-refractivity contribution in [3.63, 3.8) is 0 Å². The Morgan fingerprint density at radius 3 is 2.71 bits per heavy atom. The molecule has 1 aliphatic rings. The molecular formula is C11H15FN2. The minimum absolute atomic E-state index is 0.162. The number of para-hydroxylation sites is 1. The van der Waals surface area contributed by atoms with Crippen LogP contribution in [-0.4, -0.2) is 12.1 Å². The number of halogens is 1. The maximum absolute atomic E-state index is 13.3. The Kier molecular flexibility index (Phi) is 2.68. The molecule has 1 fully saturated rings. The van der Waals surface area contributed by atoms with Crippen LogP contribution in [0.5, 0.6) is 0 Å². The monoisotopic (exact) mass is 194 g/mol. The van der Waals surface area contributed by atoms with E-state index >= 15 is 0 Å². The van der Waals surface area contributed by atoms with Crippen molar-refractivity contribution in [2.45, 2.75) is 31.3 Å². The van der Waals surface area contributed by atoms with Crippen molar-refractivity contribution < 1.29 is 4.39 Å². The molecule has 0 aromatic heterocycles. The van der Waals surface area contributed by atoms with Crippen LogP contribution in [0.1, 0.15) is 19.3 Å². The van der Waals surface area contributed by atoms with Crippen LogP contribution in [0.3, 0.4) is 0 Å². The summed E-state index contributed by atoms with van der Waals surface area (Å²) in [5.74, 6) is -0.202. The van der Waals surface area contributed by atoms with Gasteiger partial charge in [-0.1, -0.05) is 12.1 Å². The number of benzene rings is 1. The Morgan fingerprint density at radius 2 is 2.07 bits per heavy atom. The largest absolute Gasteiger partial charge is 0.378 e. The third-order valence-corrected chi connectivity index (χ3v) is 2.78. The number of anilines is 1. The van der Waals surface area contributed by atoms with Crippen LogP contribution in [0, 0.1) is 5.82 Å². The predicted molar refractivity (Wildman–Crippen MR) is 55.6 cm³/mol. The molecule has 0 aliphatic heterocycles. The lowest BCUT2D eigenvalue weighted by Gasteiger charge is -2.18. The van der Waals surface area contributed by atoms with Gasteiger partial charge < -0.3 is 11.1 Å². The summed E-state index contributed by atoms with van der Waals surface area (Å²) in [4.78, 5) is 0. The number of hydrogen-bond donors (Lipinski definition) is 2. The highest BCUT2D eigenvalue weighted by Gasteiger charge is 2.23. The zero-order chi connectivity index (χ0) is 9.97. The number of rotatable bonds is 2. The fourth-order valence-corrected chi connectivity index (χ4v) is 1.95. The van der Waals surface area contributed by atoms with E-state index in [1.54, 1.807) is 12.1 Å². The van der Waals surface area contributed by atoms with E-state index in [0.29, 0.717) is 5.69 Å². The van der Waals surface area contributed by atoms with Gasteiger partial charge in [0.25, 0.3) is 0 Å². The van der Waals surface area contributed by atoms with Crippen molar-refractivity contribution in [2.24, 2.45) is 5.73 Å². The van der Waals surface area contributed by atoms with Gasteiger partial charge >= 0.3 is 0 Å². The van der Waals surface area contributed by atoms with E-state index in [1.807, 2.05) is 6.07 Å². The molecule has 2 atom stereocenters. The first-order valence-corrected chi connectivity index (χ1v) is 5.04. The van der Waals surface area contributed by atoms with E-state index in [0.717, 1.165) is 19.3 Å². The van der Waals surface area contributed by atoms with Gasteiger partial charge in [-0.05, 0) is 31.4 Å². The van der Waals surface area contributed by atoms with Crippen LogP contribution in [0.4, 0.5) is 10.1 Å². The van der Waals surface area contributed by atoms with Crippen LogP contribution in [0.15, 0.2) is 24.3 Å². The quantitative estimate of drug-likeness (QED) is 0.756. The molecule has 0 amide bonds. The molecule has 2 unspecified atom stereocenters. The van der Waals surface area contributed by atoms with Gasteiger partial charge in [-0.2, -0.15) is 0 Å². The zero-order valence-electron chi connectivity index (χ0n) is 8.04. The van der Waals surface area contributed by atoms with Gasteiger partial charge in [-0.3, -0.25) is 0 Å². The molecule has 14 heavy (non-hydrogen) atoms. The Hall–Kier alpha value is -1.09. The summed E-state index contributed by atoms with van der Waals surface area (Å²) in [6.07, 6.45) is 3.20. The predicted octanol–water partition coefficient (Wildman–Crippen LogP) is 2.12. The summed E-state index contributed by atoms with van der Waals surface area (Å²) < 4.78 is 13.3. The van der Waals surface area contributed by atoms with Crippen molar-refractivity contribution in [2.75, 3.05) is 5.32 Å². The fourth-order valence-electron chi connectivity index (χ4n) is 1.95. The molecule has 2 rings (SSSR count). The Balaban J connectivity index is 2.07. The van der Waals surface area contributed by atoms with E-state index in [2.05, 4.69) is 5.32 Å². The number of nitrogens with one attached hydrogen (secondary N) is 1. The smallest absolute Gasteiger partial charge is 0.146 e. The Morgan fingerprint density at radius 1 is 1.29 bits per heavy atom. The van der Waals surface area contributed by atoms with Gasteiger partial charge in [-0.15, -0.1) is 0 Å². The maximum Gasteiger partial charge on any atom is 0.146 e. The van der Waals surface area contributed by atoms with E-state index in [1.165, 1.54) is 6.07 Å². The lowest BCUT2D eigenvalue weighted by molar-refractivity contribution is 0.607. The van der Waals surface area contributed by atoms with Crippen molar-refractivity contribution >= 4 is 5.69 Å². The molecule has 3 N–H and O–H groups in total. The third-order valence-electron chi connectivity index (χ3n) is 2.78. The molecule has 2 nitrogen and oxygen atoms in total. The molecule has 1 aliphatic carbocycles. The molecule has 1 aromatic carbocycles. The number of nitrogens with two attached hydrogens (primary N) is 1. The third kappa shape index (κ3) is 1.87. The second-order valence-corrected chi connectivity index (χ2v) is 3.83. The highest BCUT2D eigenvalue weighted by atomic mass is 19.1. The van der Waals surface area contributed by atoms with E-state index < -0.39 is 0 Å². The maximum atomic E-state index is 13.3. The standard InChI is InChI=1S/C11H15FN2/c12-8-4-1-2-6-10(8)14-11-7-3-5-9(11)13/h1-2,4,6,9,11,14H,3,5,7,13H2. The lowest BCUT2D eigenvalue weighted by atomic mass is 10.1. The molecule has 0 spiro atoms. The SMILES string of the molecule is NC1CCCC1Nc1ccccc1F. The van der Waals surface area contributed by atoms with Crippen LogP contribution in [0.2, 0.25) is 0 Å². The highest BCUT2D eigenvalue weighted by Crippen LogP contribution is 2.22. The van der Waals surface area contributed by atoms with Crippen molar-refractivity contribution in [1.82, 2.24) is 0 Å². The fraction of sp³-hybridized carbons (Fsp3) is 0.455. The summed E-state index contributed by atoms with van der Waals surface area (Å²) in [6.45, 7) is 0.